The summed E-state index contributed by atoms with van der Waals surface area (Å²) < 4.78 is 33.1. The van der Waals surface area contributed by atoms with E-state index < -0.39 is 34.1 Å². The van der Waals surface area contributed by atoms with Crippen molar-refractivity contribution in [2.45, 2.75) is 30.8 Å². The molecule has 31 heavy (non-hydrogen) atoms. The normalized spacial score (nSPS) is 21.2. The van der Waals surface area contributed by atoms with Gasteiger partial charge in [-0.1, -0.05) is 42.0 Å². The van der Waals surface area contributed by atoms with Crippen LogP contribution in [0.15, 0.2) is 53.4 Å². The highest BCUT2D eigenvalue weighted by Gasteiger charge is 2.51. The number of hydrogen-bond acceptors (Lipinski definition) is 6. The van der Waals surface area contributed by atoms with E-state index in [9.17, 15) is 18.0 Å². The van der Waals surface area contributed by atoms with Gasteiger partial charge in [0.05, 0.1) is 11.4 Å². The first-order valence-corrected chi connectivity index (χ1v) is 11.5. The van der Waals surface area contributed by atoms with E-state index in [2.05, 4.69) is 5.32 Å². The van der Waals surface area contributed by atoms with Gasteiger partial charge >= 0.3 is 6.09 Å². The molecule has 2 aliphatic heterocycles. The van der Waals surface area contributed by atoms with Gasteiger partial charge < -0.3 is 10.1 Å². The van der Waals surface area contributed by atoms with E-state index in [1.807, 2.05) is 26.0 Å². The van der Waals surface area contributed by atoms with Gasteiger partial charge in [-0.25, -0.2) is 22.4 Å². The Morgan fingerprint density at radius 2 is 1.81 bits per heavy atom. The fraction of sp³-hybridized carbons (Fsp3) is 0.286. The van der Waals surface area contributed by atoms with Crippen LogP contribution < -0.4 is 5.32 Å². The Morgan fingerprint density at radius 3 is 2.42 bits per heavy atom. The highest BCUT2D eigenvalue weighted by Crippen LogP contribution is 2.37. The zero-order valence-electron chi connectivity index (χ0n) is 16.9. The lowest BCUT2D eigenvalue weighted by atomic mass is 9.96. The van der Waals surface area contributed by atoms with Gasteiger partial charge in [-0.05, 0) is 49.3 Å². The Bertz CT molecular complexity index is 1160. The number of thiocarbonyl (C=S) groups is 1. The minimum absolute atomic E-state index is 0.0644. The van der Waals surface area contributed by atoms with Crippen LogP contribution in [0.1, 0.15) is 22.7 Å². The van der Waals surface area contributed by atoms with Crippen LogP contribution in [0.3, 0.4) is 0 Å². The van der Waals surface area contributed by atoms with Crippen molar-refractivity contribution in [3.63, 3.8) is 0 Å². The number of aryl methyl sites for hydroxylation is 2. The van der Waals surface area contributed by atoms with E-state index in [1.165, 1.54) is 12.1 Å². The van der Waals surface area contributed by atoms with E-state index >= 15 is 0 Å². The van der Waals surface area contributed by atoms with Crippen LogP contribution in [-0.4, -0.2) is 53.9 Å². The summed E-state index contributed by atoms with van der Waals surface area (Å²) in [5.41, 5.74) is 2.33. The Kier molecular flexibility index (Phi) is 5.44. The van der Waals surface area contributed by atoms with Gasteiger partial charge in [-0.3, -0.25) is 4.79 Å². The third-order valence-corrected chi connectivity index (χ3v) is 7.65. The minimum atomic E-state index is -4.08. The fourth-order valence-corrected chi connectivity index (χ4v) is 5.85. The molecule has 0 aliphatic carbocycles. The molecule has 2 heterocycles. The van der Waals surface area contributed by atoms with Gasteiger partial charge in [0.1, 0.15) is 18.7 Å². The molecule has 0 aromatic heterocycles. The monoisotopic (exact) mass is 459 g/mol. The van der Waals surface area contributed by atoms with E-state index in [4.69, 9.17) is 17.0 Å². The molecular weight excluding hydrogens is 438 g/mol. The average Bonchev–Trinajstić information content (AvgIpc) is 3.31. The van der Waals surface area contributed by atoms with Gasteiger partial charge in [0, 0.05) is 0 Å². The fourth-order valence-electron chi connectivity index (χ4n) is 3.80. The van der Waals surface area contributed by atoms with Crippen molar-refractivity contribution in [1.82, 2.24) is 14.5 Å². The predicted molar refractivity (Wildman–Crippen MR) is 117 cm³/mol. The second kappa shape index (κ2) is 7.93. The Balaban J connectivity index is 1.83. The molecule has 162 valence electrons. The van der Waals surface area contributed by atoms with Crippen LogP contribution in [0.2, 0.25) is 0 Å². The zero-order valence-corrected chi connectivity index (χ0v) is 18.6. The number of nitrogens with zero attached hydrogens (tertiary/aromatic N) is 2. The summed E-state index contributed by atoms with van der Waals surface area (Å²) in [6, 6.07) is 11.6. The summed E-state index contributed by atoms with van der Waals surface area (Å²) in [5.74, 6) is -0.584. The number of cyclic esters (lactones) is 1. The number of amides is 2. The molecule has 2 saturated heterocycles. The largest absolute Gasteiger partial charge is 0.447 e. The summed E-state index contributed by atoms with van der Waals surface area (Å²) in [7, 11) is -4.08. The minimum Gasteiger partial charge on any atom is -0.447 e. The Morgan fingerprint density at radius 1 is 1.13 bits per heavy atom. The number of carbonyl (C=O) groups excluding carboxylic acids is 2. The van der Waals surface area contributed by atoms with Gasteiger partial charge in [0.2, 0.25) is 0 Å². The average molecular weight is 460 g/mol. The van der Waals surface area contributed by atoms with Crippen molar-refractivity contribution in [2.75, 3.05) is 13.2 Å². The van der Waals surface area contributed by atoms with Crippen LogP contribution >= 0.6 is 12.2 Å². The summed E-state index contributed by atoms with van der Waals surface area (Å²) in [6.45, 7) is 3.90. The van der Waals surface area contributed by atoms with Crippen molar-refractivity contribution in [3.8, 4) is 0 Å². The number of ether oxygens (including phenoxy) is 1. The smallest absolute Gasteiger partial charge is 0.416 e. The zero-order chi connectivity index (χ0) is 22.3. The topological polar surface area (TPSA) is 96.0 Å². The number of sulfonamides is 1. The van der Waals surface area contributed by atoms with Crippen LogP contribution in [0.4, 0.5) is 4.79 Å². The predicted octanol–water partition coefficient (Wildman–Crippen LogP) is 2.27. The van der Waals surface area contributed by atoms with Gasteiger partial charge in [-0.2, -0.15) is 0 Å². The third kappa shape index (κ3) is 3.66. The first kappa shape index (κ1) is 21.3. The molecule has 1 N–H and O–H groups in total. The number of hydrogen-bond donors (Lipinski definition) is 1. The second-order valence-electron chi connectivity index (χ2n) is 7.45. The number of nitrogens with one attached hydrogen (secondary N) is 1. The number of benzene rings is 2. The number of imide groups is 1. The van der Waals surface area contributed by atoms with Crippen LogP contribution in [-0.2, 0) is 19.6 Å². The summed E-state index contributed by atoms with van der Waals surface area (Å²) >= 11 is 5.38. The summed E-state index contributed by atoms with van der Waals surface area (Å²) in [6.07, 6.45) is -0.749. The first-order chi connectivity index (χ1) is 14.7. The highest BCUT2D eigenvalue weighted by molar-refractivity contribution is 7.91. The molecular formula is C21H21N3O5S2. The van der Waals surface area contributed by atoms with Crippen LogP contribution in [0, 0.1) is 13.8 Å². The molecule has 0 radical (unpaired) electrons. The van der Waals surface area contributed by atoms with Crippen molar-refractivity contribution >= 4 is 39.4 Å². The highest BCUT2D eigenvalue weighted by atomic mass is 32.2. The molecule has 4 rings (SSSR count). The Labute approximate surface area is 185 Å². The maximum Gasteiger partial charge on any atom is 0.416 e. The molecule has 0 spiro atoms. The molecule has 0 bridgehead atoms. The quantitative estimate of drug-likeness (QED) is 0.701. The lowest BCUT2D eigenvalue weighted by Gasteiger charge is -2.29. The van der Waals surface area contributed by atoms with Crippen molar-refractivity contribution in [2.24, 2.45) is 0 Å². The molecule has 2 aliphatic rings. The van der Waals surface area contributed by atoms with Gasteiger partial charge in [0.15, 0.2) is 5.11 Å². The van der Waals surface area contributed by atoms with E-state index in [1.54, 1.807) is 24.3 Å². The molecule has 2 fully saturated rings. The molecule has 2 aromatic carbocycles. The lowest BCUT2D eigenvalue weighted by molar-refractivity contribution is -0.130. The molecule has 2 aromatic rings. The maximum absolute atomic E-state index is 13.6. The molecule has 2 atom stereocenters. The van der Waals surface area contributed by atoms with Crippen molar-refractivity contribution < 1.29 is 22.7 Å². The van der Waals surface area contributed by atoms with Gasteiger partial charge in [-0.15, -0.1) is 0 Å². The second-order valence-corrected chi connectivity index (χ2v) is 9.65. The van der Waals surface area contributed by atoms with Crippen LogP contribution in [0.25, 0.3) is 0 Å². The molecule has 8 nitrogen and oxygen atoms in total. The van der Waals surface area contributed by atoms with Crippen LogP contribution in [0.5, 0.6) is 0 Å². The standard InChI is InChI=1S/C21H21N3O5S2/c1-13-7-9-15(10-8-13)31(27,28)24-18(16-6-4-3-5-14(16)2)17(22-20(24)30)19(25)23-11-12-29-21(23)26/h3-10,17-18H,11-12H2,1-2H3,(H,22,30)/t17-,18-/m0/s1. The molecule has 10 heteroatoms. The molecule has 0 unspecified atom stereocenters. The lowest BCUT2D eigenvalue weighted by Crippen LogP contribution is -2.47. The summed E-state index contributed by atoms with van der Waals surface area (Å²) in [4.78, 5) is 26.3. The number of carbonyl (C=O) groups is 2. The Hall–Kier alpha value is -2.98. The van der Waals surface area contributed by atoms with Crippen molar-refractivity contribution in [3.05, 3.63) is 65.2 Å². The van der Waals surface area contributed by atoms with E-state index in [-0.39, 0.29) is 23.2 Å². The van der Waals surface area contributed by atoms with Crippen molar-refractivity contribution in [1.29, 1.82) is 0 Å². The molecule has 2 amide bonds. The third-order valence-electron chi connectivity index (χ3n) is 5.43. The van der Waals surface area contributed by atoms with E-state index in [0.717, 1.165) is 20.3 Å². The maximum atomic E-state index is 13.6. The SMILES string of the molecule is Cc1ccc(S(=O)(=O)N2C(=S)N[C@H](C(=O)N3CCOC3=O)[C@@H]2c2ccccc2C)cc1. The molecule has 0 saturated carbocycles. The van der Waals surface area contributed by atoms with Gasteiger partial charge in [0.25, 0.3) is 15.9 Å². The summed E-state index contributed by atoms with van der Waals surface area (Å²) in [5, 5.41) is 2.75. The first-order valence-electron chi connectivity index (χ1n) is 9.67. The number of rotatable bonds is 4. The van der Waals surface area contributed by atoms with E-state index in [0.29, 0.717) is 5.56 Å².